The summed E-state index contributed by atoms with van der Waals surface area (Å²) in [5.74, 6) is 1.70. The van der Waals surface area contributed by atoms with Crippen LogP contribution in [0.1, 0.15) is 16.7 Å². The molecule has 146 valence electrons. The predicted molar refractivity (Wildman–Crippen MR) is 116 cm³/mol. The Balaban J connectivity index is 1.41. The molecule has 3 nitrogen and oxygen atoms in total. The summed E-state index contributed by atoms with van der Waals surface area (Å²) in [6.07, 6.45) is 0.979. The molecule has 0 heterocycles. The molecule has 0 radical (unpaired) electrons. The Kier molecular flexibility index (Phi) is 7.61. The van der Waals surface area contributed by atoms with Crippen molar-refractivity contribution in [2.45, 2.75) is 19.6 Å². The van der Waals surface area contributed by atoms with Crippen LogP contribution in [0.4, 0.5) is 0 Å². The third kappa shape index (κ3) is 6.16. The lowest BCUT2D eigenvalue weighted by Gasteiger charge is -2.10. The van der Waals surface area contributed by atoms with Crippen molar-refractivity contribution in [3.63, 3.8) is 0 Å². The normalized spacial score (nSPS) is 10.7. The molecular formula is C23H23Cl2NO2. The monoisotopic (exact) mass is 415 g/mol. The number of methoxy groups -OCH3 is 1. The summed E-state index contributed by atoms with van der Waals surface area (Å²) in [5, 5.41) is 4.71. The molecule has 5 heteroatoms. The van der Waals surface area contributed by atoms with Crippen LogP contribution in [0, 0.1) is 0 Å². The van der Waals surface area contributed by atoms with Crippen molar-refractivity contribution >= 4 is 23.2 Å². The molecule has 0 saturated heterocycles. The van der Waals surface area contributed by atoms with Gasteiger partial charge in [-0.2, -0.15) is 0 Å². The third-order valence-electron chi connectivity index (χ3n) is 4.41. The lowest BCUT2D eigenvalue weighted by molar-refractivity contribution is 0.306. The van der Waals surface area contributed by atoms with Crippen molar-refractivity contribution in [3.05, 3.63) is 93.5 Å². The summed E-state index contributed by atoms with van der Waals surface area (Å²) >= 11 is 12.1. The van der Waals surface area contributed by atoms with E-state index in [0.717, 1.165) is 36.6 Å². The second-order valence-electron chi connectivity index (χ2n) is 6.44. The van der Waals surface area contributed by atoms with Gasteiger partial charge < -0.3 is 14.8 Å². The van der Waals surface area contributed by atoms with Gasteiger partial charge in [0, 0.05) is 22.2 Å². The molecule has 0 unspecified atom stereocenters. The maximum absolute atomic E-state index is 6.17. The van der Waals surface area contributed by atoms with Crippen LogP contribution in [0.15, 0.2) is 66.7 Å². The number of halogens is 2. The zero-order valence-corrected chi connectivity index (χ0v) is 17.3. The van der Waals surface area contributed by atoms with Crippen molar-refractivity contribution in [2.24, 2.45) is 0 Å². The molecular weight excluding hydrogens is 393 g/mol. The first-order chi connectivity index (χ1) is 13.6. The molecule has 3 rings (SSSR count). The number of hydrogen-bond donors (Lipinski definition) is 1. The van der Waals surface area contributed by atoms with Crippen LogP contribution >= 0.6 is 23.2 Å². The Labute approximate surface area is 176 Å². The van der Waals surface area contributed by atoms with Gasteiger partial charge in [-0.05, 0) is 60.5 Å². The molecule has 0 aromatic heterocycles. The smallest absolute Gasteiger partial charge is 0.119 e. The topological polar surface area (TPSA) is 30.5 Å². The largest absolute Gasteiger partial charge is 0.497 e. The lowest BCUT2D eigenvalue weighted by Crippen LogP contribution is -2.16. The number of benzene rings is 3. The van der Waals surface area contributed by atoms with E-state index < -0.39 is 0 Å². The first kappa shape index (κ1) is 20.5. The van der Waals surface area contributed by atoms with Gasteiger partial charge >= 0.3 is 0 Å². The van der Waals surface area contributed by atoms with E-state index >= 15 is 0 Å². The fourth-order valence-electron chi connectivity index (χ4n) is 2.76. The average Bonchev–Trinajstić information content (AvgIpc) is 2.72. The standard InChI is InChI=1S/C23H23Cl2NO2/c1-27-21-8-2-17(3-9-21)12-13-26-15-18-4-10-22(11-5-18)28-16-19-6-7-20(24)14-23(19)25/h2-11,14,26H,12-13,15-16H2,1H3. The molecule has 0 amide bonds. The van der Waals surface area contributed by atoms with Crippen LogP contribution < -0.4 is 14.8 Å². The number of ether oxygens (including phenoxy) is 2. The van der Waals surface area contributed by atoms with E-state index in [1.165, 1.54) is 11.1 Å². The van der Waals surface area contributed by atoms with Gasteiger partial charge in [0.25, 0.3) is 0 Å². The minimum absolute atomic E-state index is 0.412. The Morgan fingerprint density at radius 3 is 2.18 bits per heavy atom. The maximum Gasteiger partial charge on any atom is 0.119 e. The summed E-state index contributed by atoms with van der Waals surface area (Å²) in [6, 6.07) is 21.7. The molecule has 0 saturated carbocycles. The van der Waals surface area contributed by atoms with Crippen molar-refractivity contribution in [1.82, 2.24) is 5.32 Å². The minimum Gasteiger partial charge on any atom is -0.497 e. The van der Waals surface area contributed by atoms with Crippen molar-refractivity contribution in [1.29, 1.82) is 0 Å². The van der Waals surface area contributed by atoms with Gasteiger partial charge in [-0.25, -0.2) is 0 Å². The molecule has 0 fully saturated rings. The Bertz CT molecular complexity index is 880. The molecule has 1 N–H and O–H groups in total. The van der Waals surface area contributed by atoms with Gasteiger partial charge in [-0.15, -0.1) is 0 Å². The van der Waals surface area contributed by atoms with Crippen molar-refractivity contribution in [2.75, 3.05) is 13.7 Å². The zero-order valence-electron chi connectivity index (χ0n) is 15.8. The molecule has 28 heavy (non-hydrogen) atoms. The fourth-order valence-corrected chi connectivity index (χ4v) is 3.22. The van der Waals surface area contributed by atoms with E-state index in [4.69, 9.17) is 32.7 Å². The highest BCUT2D eigenvalue weighted by Gasteiger charge is 2.03. The number of rotatable bonds is 9. The van der Waals surface area contributed by atoms with Crippen molar-refractivity contribution < 1.29 is 9.47 Å². The molecule has 3 aromatic carbocycles. The zero-order chi connectivity index (χ0) is 19.8. The number of nitrogens with one attached hydrogen (secondary N) is 1. The van der Waals surface area contributed by atoms with Gasteiger partial charge in [0.15, 0.2) is 0 Å². The van der Waals surface area contributed by atoms with Crippen LogP contribution in [0.3, 0.4) is 0 Å². The van der Waals surface area contributed by atoms with Crippen LogP contribution in [0.25, 0.3) is 0 Å². The Hall–Kier alpha value is -2.20. The lowest BCUT2D eigenvalue weighted by atomic mass is 10.1. The second-order valence-corrected chi connectivity index (χ2v) is 7.29. The third-order valence-corrected chi connectivity index (χ3v) is 5.00. The van der Waals surface area contributed by atoms with Crippen molar-refractivity contribution in [3.8, 4) is 11.5 Å². The van der Waals surface area contributed by atoms with E-state index in [1.54, 1.807) is 13.2 Å². The van der Waals surface area contributed by atoms with E-state index in [-0.39, 0.29) is 0 Å². The molecule has 0 atom stereocenters. The molecule has 0 bridgehead atoms. The SMILES string of the molecule is COc1ccc(CCNCc2ccc(OCc3ccc(Cl)cc3Cl)cc2)cc1. The Morgan fingerprint density at radius 2 is 1.50 bits per heavy atom. The van der Waals surface area contributed by atoms with Gasteiger partial charge in [-0.1, -0.05) is 53.5 Å². The van der Waals surface area contributed by atoms with E-state index in [0.29, 0.717) is 16.7 Å². The highest BCUT2D eigenvalue weighted by Crippen LogP contribution is 2.23. The highest BCUT2D eigenvalue weighted by atomic mass is 35.5. The van der Waals surface area contributed by atoms with Crippen LogP contribution in [-0.2, 0) is 19.6 Å². The summed E-state index contributed by atoms with van der Waals surface area (Å²) < 4.78 is 11.0. The van der Waals surface area contributed by atoms with Crippen LogP contribution in [0.2, 0.25) is 10.0 Å². The maximum atomic E-state index is 6.17. The van der Waals surface area contributed by atoms with Crippen LogP contribution in [-0.4, -0.2) is 13.7 Å². The quantitative estimate of drug-likeness (QED) is 0.440. The minimum atomic E-state index is 0.412. The van der Waals surface area contributed by atoms with Gasteiger partial charge in [0.1, 0.15) is 18.1 Å². The van der Waals surface area contributed by atoms with Gasteiger partial charge in [0.05, 0.1) is 7.11 Å². The van der Waals surface area contributed by atoms with Gasteiger partial charge in [0.2, 0.25) is 0 Å². The molecule has 0 aliphatic rings. The number of hydrogen-bond acceptors (Lipinski definition) is 3. The fraction of sp³-hybridized carbons (Fsp3) is 0.217. The summed E-state index contributed by atoms with van der Waals surface area (Å²) in [7, 11) is 1.68. The average molecular weight is 416 g/mol. The second kappa shape index (κ2) is 10.4. The van der Waals surface area contributed by atoms with Crippen LogP contribution in [0.5, 0.6) is 11.5 Å². The predicted octanol–water partition coefficient (Wildman–Crippen LogP) is 5.91. The summed E-state index contributed by atoms with van der Waals surface area (Å²) in [6.45, 7) is 2.15. The van der Waals surface area contributed by atoms with E-state index in [9.17, 15) is 0 Å². The first-order valence-electron chi connectivity index (χ1n) is 9.13. The first-order valence-corrected chi connectivity index (χ1v) is 9.89. The molecule has 0 spiro atoms. The van der Waals surface area contributed by atoms with Gasteiger partial charge in [-0.3, -0.25) is 0 Å². The Morgan fingerprint density at radius 1 is 0.821 bits per heavy atom. The molecule has 3 aromatic rings. The summed E-state index contributed by atoms with van der Waals surface area (Å²) in [4.78, 5) is 0. The molecule has 0 aliphatic heterocycles. The highest BCUT2D eigenvalue weighted by molar-refractivity contribution is 6.35. The molecule has 0 aliphatic carbocycles. The van der Waals surface area contributed by atoms with E-state index in [1.807, 2.05) is 36.4 Å². The van der Waals surface area contributed by atoms with E-state index in [2.05, 4.69) is 29.6 Å². The summed E-state index contributed by atoms with van der Waals surface area (Å²) in [5.41, 5.74) is 3.42.